The summed E-state index contributed by atoms with van der Waals surface area (Å²) in [7, 11) is 3.22. The summed E-state index contributed by atoms with van der Waals surface area (Å²) >= 11 is 0. The molecule has 0 aliphatic heterocycles. The predicted molar refractivity (Wildman–Crippen MR) is 128 cm³/mol. The van der Waals surface area contributed by atoms with Crippen molar-refractivity contribution in [1.29, 1.82) is 0 Å². The van der Waals surface area contributed by atoms with E-state index >= 15 is 0 Å². The molecule has 2 aromatic carbocycles. The second kappa shape index (κ2) is 10.4. The van der Waals surface area contributed by atoms with Crippen LogP contribution < -0.4 is 14.2 Å². The zero-order chi connectivity index (χ0) is 24.1. The first-order valence-corrected chi connectivity index (χ1v) is 11.0. The van der Waals surface area contributed by atoms with E-state index < -0.39 is 5.97 Å². The van der Waals surface area contributed by atoms with Crippen LogP contribution in [0.5, 0.6) is 17.2 Å². The Balaban J connectivity index is 2.21. The zero-order valence-electron chi connectivity index (χ0n) is 20.1. The average molecular weight is 453 g/mol. The predicted octanol–water partition coefficient (Wildman–Crippen LogP) is 5.62. The Morgan fingerprint density at radius 2 is 1.73 bits per heavy atom. The lowest BCUT2D eigenvalue weighted by molar-refractivity contribution is 0.0697. The van der Waals surface area contributed by atoms with Gasteiger partial charge in [-0.15, -0.1) is 0 Å². The van der Waals surface area contributed by atoms with Gasteiger partial charge in [-0.2, -0.15) is 5.10 Å². The van der Waals surface area contributed by atoms with Gasteiger partial charge in [-0.25, -0.2) is 4.79 Å². The maximum Gasteiger partial charge on any atom is 0.335 e. The fourth-order valence-electron chi connectivity index (χ4n) is 3.58. The van der Waals surface area contributed by atoms with Gasteiger partial charge in [-0.1, -0.05) is 33.8 Å². The maximum atomic E-state index is 11.7. The van der Waals surface area contributed by atoms with Crippen molar-refractivity contribution in [2.75, 3.05) is 20.8 Å². The molecule has 33 heavy (non-hydrogen) atoms. The molecule has 7 heteroatoms. The molecule has 176 valence electrons. The maximum absolute atomic E-state index is 11.7. The summed E-state index contributed by atoms with van der Waals surface area (Å²) in [6.45, 7) is 9.57. The van der Waals surface area contributed by atoms with Crippen LogP contribution in [0, 0.1) is 11.8 Å². The minimum Gasteiger partial charge on any atom is -0.493 e. The van der Waals surface area contributed by atoms with E-state index in [0.717, 1.165) is 11.3 Å². The van der Waals surface area contributed by atoms with Crippen molar-refractivity contribution in [3.8, 4) is 39.8 Å². The van der Waals surface area contributed by atoms with Crippen LogP contribution in [0.2, 0.25) is 0 Å². The summed E-state index contributed by atoms with van der Waals surface area (Å²) in [5, 5.41) is 14.4. The highest BCUT2D eigenvalue weighted by molar-refractivity contribution is 5.90. The number of aromatic carboxylic acids is 1. The Morgan fingerprint density at radius 1 is 0.970 bits per heavy atom. The average Bonchev–Trinajstić information content (AvgIpc) is 3.19. The normalized spacial score (nSPS) is 11.2. The summed E-state index contributed by atoms with van der Waals surface area (Å²) < 4.78 is 19.1. The van der Waals surface area contributed by atoms with Gasteiger partial charge < -0.3 is 19.3 Å². The largest absolute Gasteiger partial charge is 0.493 e. The minimum atomic E-state index is -0.997. The summed E-state index contributed by atoms with van der Waals surface area (Å²) in [6, 6.07) is 12.5. The van der Waals surface area contributed by atoms with Crippen LogP contribution in [0.3, 0.4) is 0 Å². The molecule has 0 spiro atoms. The second-order valence-electron chi connectivity index (χ2n) is 8.75. The molecule has 3 rings (SSSR count). The van der Waals surface area contributed by atoms with Crippen LogP contribution in [-0.4, -0.2) is 41.7 Å². The quantitative estimate of drug-likeness (QED) is 0.430. The molecule has 0 amide bonds. The van der Waals surface area contributed by atoms with Gasteiger partial charge in [0.05, 0.1) is 37.8 Å². The van der Waals surface area contributed by atoms with E-state index in [2.05, 4.69) is 27.7 Å². The molecule has 1 heterocycles. The van der Waals surface area contributed by atoms with Crippen molar-refractivity contribution in [3.05, 3.63) is 48.0 Å². The lowest BCUT2D eigenvalue weighted by Crippen LogP contribution is -2.09. The monoisotopic (exact) mass is 452 g/mol. The lowest BCUT2D eigenvalue weighted by Gasteiger charge is -2.14. The first kappa shape index (κ1) is 24.2. The summed E-state index contributed by atoms with van der Waals surface area (Å²) in [6.07, 6.45) is 0. The van der Waals surface area contributed by atoms with E-state index in [-0.39, 0.29) is 5.56 Å². The molecule has 0 aliphatic rings. The summed E-state index contributed by atoms with van der Waals surface area (Å²) in [5.41, 5.74) is 3.15. The molecule has 0 saturated heterocycles. The van der Waals surface area contributed by atoms with Gasteiger partial charge in [0.2, 0.25) is 0 Å². The van der Waals surface area contributed by atoms with Gasteiger partial charge in [0.1, 0.15) is 5.75 Å². The van der Waals surface area contributed by atoms with Crippen LogP contribution in [-0.2, 0) is 6.54 Å². The van der Waals surface area contributed by atoms with E-state index in [1.54, 1.807) is 32.4 Å². The van der Waals surface area contributed by atoms with Crippen LogP contribution in [0.15, 0.2) is 42.5 Å². The third-order valence-electron chi connectivity index (χ3n) is 5.07. The Bertz CT molecular complexity index is 1120. The second-order valence-corrected chi connectivity index (χ2v) is 8.75. The van der Waals surface area contributed by atoms with Crippen LogP contribution in [0.4, 0.5) is 0 Å². The SMILES string of the molecule is COc1cccc(-c2cc(-c3cc(C(=O)O)ccc3OCC(C)C)nn2CC(C)C)c1OC. The molecule has 0 unspecified atom stereocenters. The molecule has 1 N–H and O–H groups in total. The Labute approximate surface area is 194 Å². The highest BCUT2D eigenvalue weighted by Crippen LogP contribution is 2.40. The van der Waals surface area contributed by atoms with Crippen molar-refractivity contribution in [2.24, 2.45) is 11.8 Å². The number of carbonyl (C=O) groups is 1. The van der Waals surface area contributed by atoms with Crippen LogP contribution >= 0.6 is 0 Å². The number of benzene rings is 2. The van der Waals surface area contributed by atoms with E-state index in [1.807, 2.05) is 28.9 Å². The van der Waals surface area contributed by atoms with Crippen molar-refractivity contribution in [3.63, 3.8) is 0 Å². The topological polar surface area (TPSA) is 82.8 Å². The first-order chi connectivity index (χ1) is 15.7. The van der Waals surface area contributed by atoms with Crippen molar-refractivity contribution >= 4 is 5.97 Å². The standard InChI is InChI=1S/C26H32N2O5/c1-16(2)14-28-22(19-8-7-9-24(31-5)25(19)32-6)13-21(27-28)20-12-18(26(29)30)10-11-23(20)33-15-17(3)4/h7-13,16-17H,14-15H2,1-6H3,(H,29,30). The number of aromatic nitrogens is 2. The molecule has 0 bridgehead atoms. The molecule has 1 aromatic heterocycles. The van der Waals surface area contributed by atoms with E-state index in [1.165, 1.54) is 0 Å². The van der Waals surface area contributed by atoms with Gasteiger partial charge in [0.25, 0.3) is 0 Å². The Hall–Kier alpha value is -3.48. The molecule has 3 aromatic rings. The fraction of sp³-hybridized carbons (Fsp3) is 0.385. The number of ether oxygens (including phenoxy) is 3. The van der Waals surface area contributed by atoms with Crippen LogP contribution in [0.1, 0.15) is 38.1 Å². The van der Waals surface area contributed by atoms with E-state index in [0.29, 0.717) is 53.5 Å². The van der Waals surface area contributed by atoms with Crippen molar-refractivity contribution < 1.29 is 24.1 Å². The number of hydrogen-bond acceptors (Lipinski definition) is 5. The highest BCUT2D eigenvalue weighted by atomic mass is 16.5. The number of rotatable bonds is 10. The molecular weight excluding hydrogens is 420 g/mol. The number of para-hydroxylation sites is 1. The number of nitrogens with zero attached hydrogens (tertiary/aromatic N) is 2. The third-order valence-corrected chi connectivity index (χ3v) is 5.07. The van der Waals surface area contributed by atoms with Gasteiger partial charge in [0.15, 0.2) is 11.5 Å². The Kier molecular flexibility index (Phi) is 7.63. The molecule has 0 radical (unpaired) electrons. The Morgan fingerprint density at radius 3 is 2.33 bits per heavy atom. The molecule has 0 atom stereocenters. The fourth-order valence-corrected chi connectivity index (χ4v) is 3.58. The zero-order valence-corrected chi connectivity index (χ0v) is 20.1. The molecule has 0 aliphatic carbocycles. The number of hydrogen-bond donors (Lipinski definition) is 1. The first-order valence-electron chi connectivity index (χ1n) is 11.0. The summed E-state index contributed by atoms with van der Waals surface area (Å²) in [4.78, 5) is 11.7. The number of carboxylic acids is 1. The van der Waals surface area contributed by atoms with Crippen LogP contribution in [0.25, 0.3) is 22.5 Å². The van der Waals surface area contributed by atoms with E-state index in [4.69, 9.17) is 19.3 Å². The molecule has 7 nitrogen and oxygen atoms in total. The minimum absolute atomic E-state index is 0.181. The third kappa shape index (κ3) is 5.48. The van der Waals surface area contributed by atoms with E-state index in [9.17, 15) is 9.90 Å². The highest BCUT2D eigenvalue weighted by Gasteiger charge is 2.21. The number of carboxylic acid groups (broad SMARTS) is 1. The van der Waals surface area contributed by atoms with Gasteiger partial charge in [0, 0.05) is 17.7 Å². The molecule has 0 saturated carbocycles. The molecular formula is C26H32N2O5. The van der Waals surface area contributed by atoms with Gasteiger partial charge >= 0.3 is 5.97 Å². The lowest BCUT2D eigenvalue weighted by atomic mass is 10.0. The summed E-state index contributed by atoms with van der Waals surface area (Å²) in [5.74, 6) is 1.52. The van der Waals surface area contributed by atoms with Gasteiger partial charge in [-0.3, -0.25) is 4.68 Å². The van der Waals surface area contributed by atoms with Crippen molar-refractivity contribution in [2.45, 2.75) is 34.2 Å². The number of methoxy groups -OCH3 is 2. The molecule has 0 fully saturated rings. The van der Waals surface area contributed by atoms with Gasteiger partial charge in [-0.05, 0) is 48.2 Å². The van der Waals surface area contributed by atoms with Crippen molar-refractivity contribution in [1.82, 2.24) is 9.78 Å². The smallest absolute Gasteiger partial charge is 0.335 e.